The molecular formula is C25H29N5O2S. The summed E-state index contributed by atoms with van der Waals surface area (Å²) < 4.78 is 0. The molecule has 0 saturated carbocycles. The van der Waals surface area contributed by atoms with E-state index < -0.39 is 0 Å². The lowest BCUT2D eigenvalue weighted by molar-refractivity contribution is -0.118. The fourth-order valence-corrected chi connectivity index (χ4v) is 4.93. The van der Waals surface area contributed by atoms with E-state index in [9.17, 15) is 9.59 Å². The molecule has 1 atom stereocenters. The maximum Gasteiger partial charge on any atom is 0.251 e. The molecule has 1 aliphatic heterocycles. The van der Waals surface area contributed by atoms with Gasteiger partial charge in [0.05, 0.1) is 6.54 Å². The number of benzene rings is 2. The topological polar surface area (TPSA) is 77.6 Å². The minimum atomic E-state index is -0.0957. The van der Waals surface area contributed by atoms with Crippen molar-refractivity contribution in [1.29, 1.82) is 0 Å². The van der Waals surface area contributed by atoms with Crippen LogP contribution >= 0.6 is 11.3 Å². The molecule has 1 saturated heterocycles. The fourth-order valence-electron chi connectivity index (χ4n) is 4.07. The first-order valence-electron chi connectivity index (χ1n) is 11.0. The zero-order chi connectivity index (χ0) is 23.2. The zero-order valence-corrected chi connectivity index (χ0v) is 19.8. The molecule has 2 N–H and O–H groups in total. The van der Waals surface area contributed by atoms with E-state index in [1.807, 2.05) is 48.7 Å². The number of anilines is 1. The molecule has 1 aliphatic rings. The van der Waals surface area contributed by atoms with E-state index in [-0.39, 0.29) is 17.9 Å². The number of thiazole rings is 1. The van der Waals surface area contributed by atoms with Crippen molar-refractivity contribution < 1.29 is 9.59 Å². The third kappa shape index (κ3) is 6.04. The number of hydrogen-bond acceptors (Lipinski definition) is 6. The van der Waals surface area contributed by atoms with Gasteiger partial charge in [0.1, 0.15) is 0 Å². The average molecular weight is 464 g/mol. The standard InChI is InChI=1S/C25H29N5O2S/c1-26-24(32)20-10-6-9-19(14-20)22-16-30(12-11-29(22)2)17-23(31)28-25-27-15-21(33-25)13-18-7-4-3-5-8-18/h3-10,14-15,22H,11-13,16-17H2,1-2H3,(H,26,32)(H,27,28,31)/t22-/m1/s1. The molecule has 7 nitrogen and oxygen atoms in total. The Morgan fingerprint density at radius 3 is 2.73 bits per heavy atom. The van der Waals surface area contributed by atoms with Gasteiger partial charge in [-0.15, -0.1) is 11.3 Å². The normalized spacial score (nSPS) is 17.0. The van der Waals surface area contributed by atoms with Gasteiger partial charge in [-0.3, -0.25) is 19.4 Å². The second-order valence-electron chi connectivity index (χ2n) is 8.28. The molecule has 33 heavy (non-hydrogen) atoms. The third-order valence-electron chi connectivity index (χ3n) is 5.88. The molecule has 3 aromatic rings. The van der Waals surface area contributed by atoms with Gasteiger partial charge in [0.15, 0.2) is 5.13 Å². The zero-order valence-electron chi connectivity index (χ0n) is 19.0. The van der Waals surface area contributed by atoms with Crippen molar-refractivity contribution in [1.82, 2.24) is 20.1 Å². The lowest BCUT2D eigenvalue weighted by Crippen LogP contribution is -2.48. The number of carbonyl (C=O) groups excluding carboxylic acids is 2. The van der Waals surface area contributed by atoms with Crippen LogP contribution in [0.1, 0.15) is 32.4 Å². The highest BCUT2D eigenvalue weighted by Gasteiger charge is 2.27. The Morgan fingerprint density at radius 2 is 1.94 bits per heavy atom. The number of carbonyl (C=O) groups is 2. The summed E-state index contributed by atoms with van der Waals surface area (Å²) >= 11 is 1.51. The molecule has 1 fully saturated rings. The summed E-state index contributed by atoms with van der Waals surface area (Å²) in [6.07, 6.45) is 2.64. The first kappa shape index (κ1) is 23.1. The van der Waals surface area contributed by atoms with Crippen LogP contribution in [-0.2, 0) is 11.2 Å². The van der Waals surface area contributed by atoms with E-state index in [1.54, 1.807) is 7.05 Å². The highest BCUT2D eigenvalue weighted by molar-refractivity contribution is 7.15. The van der Waals surface area contributed by atoms with E-state index in [0.29, 0.717) is 17.2 Å². The Morgan fingerprint density at radius 1 is 1.12 bits per heavy atom. The van der Waals surface area contributed by atoms with Crippen molar-refractivity contribution in [2.75, 3.05) is 45.6 Å². The van der Waals surface area contributed by atoms with Crippen molar-refractivity contribution >= 4 is 28.3 Å². The first-order valence-corrected chi connectivity index (χ1v) is 11.9. The van der Waals surface area contributed by atoms with Gasteiger partial charge >= 0.3 is 0 Å². The van der Waals surface area contributed by atoms with E-state index in [2.05, 4.69) is 44.6 Å². The largest absolute Gasteiger partial charge is 0.355 e. The third-order valence-corrected chi connectivity index (χ3v) is 6.79. The van der Waals surface area contributed by atoms with Gasteiger partial charge < -0.3 is 10.6 Å². The monoisotopic (exact) mass is 463 g/mol. The Bertz CT molecular complexity index is 1100. The molecular weight excluding hydrogens is 434 g/mol. The molecule has 172 valence electrons. The Labute approximate surface area is 198 Å². The predicted molar refractivity (Wildman–Crippen MR) is 132 cm³/mol. The second-order valence-corrected chi connectivity index (χ2v) is 9.39. The first-order chi connectivity index (χ1) is 16.0. The summed E-state index contributed by atoms with van der Waals surface area (Å²) in [7, 11) is 3.72. The number of aromatic nitrogens is 1. The molecule has 0 spiro atoms. The summed E-state index contributed by atoms with van der Waals surface area (Å²) in [5.41, 5.74) is 2.95. The van der Waals surface area contributed by atoms with E-state index in [4.69, 9.17) is 0 Å². The van der Waals surface area contributed by atoms with Crippen molar-refractivity contribution in [3.8, 4) is 0 Å². The van der Waals surface area contributed by atoms with Crippen LogP contribution in [0.2, 0.25) is 0 Å². The average Bonchev–Trinajstić information content (AvgIpc) is 3.26. The van der Waals surface area contributed by atoms with E-state index in [0.717, 1.165) is 36.5 Å². The number of piperazine rings is 1. The number of rotatable bonds is 7. The molecule has 0 bridgehead atoms. The minimum absolute atomic E-state index is 0.0574. The lowest BCUT2D eigenvalue weighted by Gasteiger charge is -2.39. The van der Waals surface area contributed by atoms with Crippen LogP contribution in [0.4, 0.5) is 5.13 Å². The molecule has 0 aliphatic carbocycles. The molecule has 0 radical (unpaired) electrons. The smallest absolute Gasteiger partial charge is 0.251 e. The van der Waals surface area contributed by atoms with Crippen LogP contribution in [0.5, 0.6) is 0 Å². The predicted octanol–water partition coefficient (Wildman–Crippen LogP) is 3.02. The second kappa shape index (κ2) is 10.7. The number of hydrogen-bond donors (Lipinski definition) is 2. The Kier molecular flexibility index (Phi) is 7.49. The molecule has 4 rings (SSSR count). The summed E-state index contributed by atoms with van der Waals surface area (Å²) in [6, 6.07) is 18.1. The number of likely N-dealkylation sites (N-methyl/N-ethyl adjacent to an activating group) is 1. The molecule has 0 unspecified atom stereocenters. The van der Waals surface area contributed by atoms with Crippen molar-refractivity contribution in [3.05, 3.63) is 82.4 Å². The van der Waals surface area contributed by atoms with Crippen LogP contribution in [0.15, 0.2) is 60.8 Å². The highest BCUT2D eigenvalue weighted by atomic mass is 32.1. The maximum atomic E-state index is 12.7. The summed E-state index contributed by atoms with van der Waals surface area (Å²) in [5, 5.41) is 6.26. The van der Waals surface area contributed by atoms with Gasteiger partial charge in [-0.05, 0) is 30.3 Å². The van der Waals surface area contributed by atoms with Crippen LogP contribution in [0.3, 0.4) is 0 Å². The number of amides is 2. The number of nitrogens with zero attached hydrogens (tertiary/aromatic N) is 3. The fraction of sp³-hybridized carbons (Fsp3) is 0.320. The van der Waals surface area contributed by atoms with Crippen LogP contribution < -0.4 is 10.6 Å². The van der Waals surface area contributed by atoms with Crippen molar-refractivity contribution in [2.45, 2.75) is 12.5 Å². The SMILES string of the molecule is CNC(=O)c1cccc([C@H]2CN(CC(=O)Nc3ncc(Cc4ccccc4)s3)CCN2C)c1. The van der Waals surface area contributed by atoms with E-state index >= 15 is 0 Å². The van der Waals surface area contributed by atoms with Gasteiger partial charge in [-0.2, -0.15) is 0 Å². The summed E-state index contributed by atoms with van der Waals surface area (Å²) in [6.45, 7) is 2.69. The van der Waals surface area contributed by atoms with Crippen molar-refractivity contribution in [2.24, 2.45) is 0 Å². The summed E-state index contributed by atoms with van der Waals surface area (Å²) in [5.74, 6) is -0.153. The quantitative estimate of drug-likeness (QED) is 0.563. The molecule has 1 aromatic heterocycles. The van der Waals surface area contributed by atoms with Crippen LogP contribution in [0.25, 0.3) is 0 Å². The minimum Gasteiger partial charge on any atom is -0.355 e. The number of nitrogens with one attached hydrogen (secondary N) is 2. The Balaban J connectivity index is 1.34. The molecule has 2 aromatic carbocycles. The van der Waals surface area contributed by atoms with E-state index in [1.165, 1.54) is 16.9 Å². The van der Waals surface area contributed by atoms with Gasteiger partial charge in [0.2, 0.25) is 5.91 Å². The molecule has 8 heteroatoms. The van der Waals surface area contributed by atoms with Gasteiger partial charge in [-0.25, -0.2) is 4.98 Å². The Hall–Kier alpha value is -3.07. The van der Waals surface area contributed by atoms with Crippen LogP contribution in [-0.4, -0.2) is 66.9 Å². The molecule has 2 heterocycles. The van der Waals surface area contributed by atoms with Gasteiger partial charge in [-0.1, -0.05) is 42.5 Å². The molecule has 2 amide bonds. The maximum absolute atomic E-state index is 12.7. The van der Waals surface area contributed by atoms with Gasteiger partial charge in [0, 0.05) is 55.8 Å². The summed E-state index contributed by atoms with van der Waals surface area (Å²) in [4.78, 5) is 34.7. The lowest BCUT2D eigenvalue weighted by atomic mass is 10.00. The van der Waals surface area contributed by atoms with Crippen LogP contribution in [0, 0.1) is 0 Å². The van der Waals surface area contributed by atoms with Gasteiger partial charge in [0.25, 0.3) is 5.91 Å². The van der Waals surface area contributed by atoms with Crippen molar-refractivity contribution in [3.63, 3.8) is 0 Å². The highest BCUT2D eigenvalue weighted by Crippen LogP contribution is 2.25.